The first kappa shape index (κ1) is 21.6. The fourth-order valence-electron chi connectivity index (χ4n) is 3.50. The summed E-state index contributed by atoms with van der Waals surface area (Å²) in [5, 5.41) is 15.1. The summed E-state index contributed by atoms with van der Waals surface area (Å²) in [5.41, 5.74) is 4.43. The van der Waals surface area contributed by atoms with Crippen LogP contribution in [0.4, 0.5) is 0 Å². The van der Waals surface area contributed by atoms with Crippen LogP contribution in [0.2, 0.25) is 0 Å². The first-order valence-electron chi connectivity index (χ1n) is 10.1. The van der Waals surface area contributed by atoms with Gasteiger partial charge in [-0.25, -0.2) is 0 Å². The molecule has 2 aromatic heterocycles. The number of rotatable bonds is 11. The predicted octanol–water partition coefficient (Wildman–Crippen LogP) is 2.59. The van der Waals surface area contributed by atoms with E-state index in [1.165, 1.54) is 11.8 Å². The fourth-order valence-corrected chi connectivity index (χ4v) is 4.13. The van der Waals surface area contributed by atoms with Crippen molar-refractivity contribution in [1.82, 2.24) is 25.3 Å². The standard InChI is InChI=1S/C20H29N5O3S/c1-14(26)29-12-6-4-3-5-9-21-20(27)19-15-7-8-17-16(18(15)22-23-19)13-25(24-17)10-11-28-2/h13H,3-12H2,1-2H3,(H,21,27)(H,22,23). The molecule has 0 bridgehead atoms. The number of methoxy groups -OCH3 is 1. The molecule has 0 spiro atoms. The number of H-pyrrole nitrogens is 1. The number of nitrogens with zero attached hydrogens (tertiary/aromatic N) is 3. The summed E-state index contributed by atoms with van der Waals surface area (Å²) in [6.07, 6.45) is 7.64. The third kappa shape index (κ3) is 5.70. The molecule has 29 heavy (non-hydrogen) atoms. The lowest BCUT2D eigenvalue weighted by Gasteiger charge is -2.11. The van der Waals surface area contributed by atoms with E-state index in [0.29, 0.717) is 25.4 Å². The van der Waals surface area contributed by atoms with Gasteiger partial charge in [-0.15, -0.1) is 0 Å². The lowest BCUT2D eigenvalue weighted by atomic mass is 9.94. The van der Waals surface area contributed by atoms with Gasteiger partial charge in [-0.05, 0) is 25.7 Å². The molecule has 1 aliphatic carbocycles. The van der Waals surface area contributed by atoms with Crippen molar-refractivity contribution in [2.75, 3.05) is 26.0 Å². The Bertz CT molecular complexity index is 845. The Labute approximate surface area is 175 Å². The number of hydrogen-bond acceptors (Lipinski definition) is 6. The summed E-state index contributed by atoms with van der Waals surface area (Å²) in [5.74, 6) is 0.760. The van der Waals surface area contributed by atoms with Crippen LogP contribution < -0.4 is 5.32 Å². The second-order valence-corrected chi connectivity index (χ2v) is 8.45. The zero-order valence-electron chi connectivity index (χ0n) is 17.1. The molecular formula is C20H29N5O3S. The number of thioether (sulfide) groups is 1. The number of hydrogen-bond donors (Lipinski definition) is 2. The average molecular weight is 420 g/mol. The Hall–Kier alpha value is -2.13. The van der Waals surface area contributed by atoms with Crippen molar-refractivity contribution < 1.29 is 14.3 Å². The van der Waals surface area contributed by atoms with Gasteiger partial charge in [0, 0.05) is 43.7 Å². The molecule has 9 heteroatoms. The minimum Gasteiger partial charge on any atom is -0.383 e. The Morgan fingerprint density at radius 2 is 2.10 bits per heavy atom. The molecule has 1 aliphatic rings. The zero-order valence-corrected chi connectivity index (χ0v) is 17.9. The molecule has 8 nitrogen and oxygen atoms in total. The highest BCUT2D eigenvalue weighted by Crippen LogP contribution is 2.32. The van der Waals surface area contributed by atoms with Gasteiger partial charge >= 0.3 is 0 Å². The summed E-state index contributed by atoms with van der Waals surface area (Å²) in [4.78, 5) is 23.5. The molecule has 0 radical (unpaired) electrons. The second kappa shape index (κ2) is 10.6. The van der Waals surface area contributed by atoms with Crippen molar-refractivity contribution in [1.29, 1.82) is 0 Å². The number of aromatic nitrogens is 4. The van der Waals surface area contributed by atoms with Crippen molar-refractivity contribution in [3.05, 3.63) is 23.1 Å². The number of aryl methyl sites for hydroxylation is 1. The number of fused-ring (bicyclic) bond motifs is 3. The SMILES string of the molecule is COCCn1cc2c(n1)CCc1c(C(=O)NCCCCCCSC(C)=O)n[nH]c1-2. The minimum atomic E-state index is -0.120. The van der Waals surface area contributed by atoms with Crippen LogP contribution in [-0.4, -0.2) is 57.0 Å². The smallest absolute Gasteiger partial charge is 0.272 e. The highest BCUT2D eigenvalue weighted by Gasteiger charge is 2.27. The monoisotopic (exact) mass is 419 g/mol. The normalized spacial score (nSPS) is 12.5. The van der Waals surface area contributed by atoms with E-state index in [9.17, 15) is 9.59 Å². The van der Waals surface area contributed by atoms with Crippen LogP contribution >= 0.6 is 11.8 Å². The molecule has 0 atom stereocenters. The molecule has 3 rings (SSSR count). The third-order valence-electron chi connectivity index (χ3n) is 4.99. The first-order valence-corrected chi connectivity index (χ1v) is 11.1. The molecule has 0 unspecified atom stereocenters. The molecule has 2 aromatic rings. The predicted molar refractivity (Wildman–Crippen MR) is 113 cm³/mol. The van der Waals surface area contributed by atoms with Crippen LogP contribution in [-0.2, 0) is 28.9 Å². The number of aromatic amines is 1. The largest absolute Gasteiger partial charge is 0.383 e. The van der Waals surface area contributed by atoms with E-state index in [0.717, 1.165) is 66.8 Å². The average Bonchev–Trinajstić information content (AvgIpc) is 3.31. The molecular weight excluding hydrogens is 390 g/mol. The Morgan fingerprint density at radius 3 is 2.90 bits per heavy atom. The molecule has 2 N–H and O–H groups in total. The number of unbranched alkanes of at least 4 members (excludes halogenated alkanes) is 3. The minimum absolute atomic E-state index is 0.120. The fraction of sp³-hybridized carbons (Fsp3) is 0.600. The Morgan fingerprint density at radius 1 is 1.28 bits per heavy atom. The molecule has 158 valence electrons. The summed E-state index contributed by atoms with van der Waals surface area (Å²) < 4.78 is 7.01. The van der Waals surface area contributed by atoms with E-state index in [2.05, 4.69) is 20.6 Å². The first-order chi connectivity index (χ1) is 14.1. The number of carbonyl (C=O) groups is 2. The van der Waals surface area contributed by atoms with Crippen molar-refractivity contribution in [2.24, 2.45) is 0 Å². The van der Waals surface area contributed by atoms with Crippen LogP contribution in [0.15, 0.2) is 6.20 Å². The van der Waals surface area contributed by atoms with Crippen LogP contribution in [0, 0.1) is 0 Å². The van der Waals surface area contributed by atoms with E-state index in [1.54, 1.807) is 14.0 Å². The Balaban J connectivity index is 1.48. The van der Waals surface area contributed by atoms with Crippen LogP contribution in [0.25, 0.3) is 11.3 Å². The Kier molecular flexibility index (Phi) is 7.88. The van der Waals surface area contributed by atoms with E-state index in [4.69, 9.17) is 4.74 Å². The summed E-state index contributed by atoms with van der Waals surface area (Å²) in [6.45, 7) is 3.55. The van der Waals surface area contributed by atoms with E-state index >= 15 is 0 Å². The van der Waals surface area contributed by atoms with E-state index in [-0.39, 0.29) is 11.0 Å². The van der Waals surface area contributed by atoms with Gasteiger partial charge in [0.2, 0.25) is 0 Å². The molecule has 0 aliphatic heterocycles. The van der Waals surface area contributed by atoms with Gasteiger partial charge in [-0.1, -0.05) is 24.6 Å². The maximum absolute atomic E-state index is 12.6. The van der Waals surface area contributed by atoms with Gasteiger partial charge < -0.3 is 10.1 Å². The lowest BCUT2D eigenvalue weighted by molar-refractivity contribution is -0.109. The van der Waals surface area contributed by atoms with Gasteiger partial charge in [-0.3, -0.25) is 19.4 Å². The van der Waals surface area contributed by atoms with Crippen molar-refractivity contribution >= 4 is 22.8 Å². The van der Waals surface area contributed by atoms with Gasteiger partial charge in [0.1, 0.15) is 0 Å². The van der Waals surface area contributed by atoms with E-state index in [1.807, 2.05) is 10.9 Å². The molecule has 2 heterocycles. The number of nitrogens with one attached hydrogen (secondary N) is 2. The molecule has 0 fully saturated rings. The van der Waals surface area contributed by atoms with Gasteiger partial charge in [0.05, 0.1) is 24.5 Å². The highest BCUT2D eigenvalue weighted by molar-refractivity contribution is 8.13. The second-order valence-electron chi connectivity index (χ2n) is 7.18. The maximum Gasteiger partial charge on any atom is 0.272 e. The van der Waals surface area contributed by atoms with Crippen LogP contribution in [0.5, 0.6) is 0 Å². The number of carbonyl (C=O) groups excluding carboxylic acids is 2. The van der Waals surface area contributed by atoms with Crippen LogP contribution in [0.3, 0.4) is 0 Å². The summed E-state index contributed by atoms with van der Waals surface area (Å²) in [7, 11) is 1.68. The lowest BCUT2D eigenvalue weighted by Crippen LogP contribution is -2.26. The van der Waals surface area contributed by atoms with Gasteiger partial charge in [-0.2, -0.15) is 10.2 Å². The third-order valence-corrected chi connectivity index (χ3v) is 5.89. The van der Waals surface area contributed by atoms with Gasteiger partial charge in [0.15, 0.2) is 10.8 Å². The van der Waals surface area contributed by atoms with Crippen LogP contribution in [0.1, 0.15) is 54.4 Å². The summed E-state index contributed by atoms with van der Waals surface area (Å²) in [6, 6.07) is 0. The number of amides is 1. The highest BCUT2D eigenvalue weighted by atomic mass is 32.2. The topological polar surface area (TPSA) is 102 Å². The van der Waals surface area contributed by atoms with Gasteiger partial charge in [0.25, 0.3) is 5.91 Å². The quantitative estimate of drug-likeness (QED) is 0.543. The zero-order chi connectivity index (χ0) is 20.6. The molecule has 0 saturated heterocycles. The summed E-state index contributed by atoms with van der Waals surface area (Å²) >= 11 is 1.38. The van der Waals surface area contributed by atoms with Crippen molar-refractivity contribution in [3.63, 3.8) is 0 Å². The molecule has 0 saturated carbocycles. The van der Waals surface area contributed by atoms with Crippen molar-refractivity contribution in [3.8, 4) is 11.3 Å². The molecule has 1 amide bonds. The van der Waals surface area contributed by atoms with E-state index < -0.39 is 0 Å². The molecule has 0 aromatic carbocycles. The number of ether oxygens (including phenoxy) is 1. The van der Waals surface area contributed by atoms with Crippen molar-refractivity contribution in [2.45, 2.75) is 52.0 Å². The maximum atomic E-state index is 12.6.